The number of likely N-dealkylation sites (N-methyl/N-ethyl adjacent to an activating group) is 1. The van der Waals surface area contributed by atoms with Crippen LogP contribution in [-0.4, -0.2) is 30.5 Å². The van der Waals surface area contributed by atoms with Gasteiger partial charge in [-0.2, -0.15) is 0 Å². The number of rotatable bonds is 5. The van der Waals surface area contributed by atoms with Crippen molar-refractivity contribution in [3.8, 4) is 0 Å². The molecule has 0 bridgehead atoms. The van der Waals surface area contributed by atoms with E-state index in [2.05, 4.69) is 5.32 Å². The lowest BCUT2D eigenvalue weighted by Crippen LogP contribution is -2.29. The van der Waals surface area contributed by atoms with E-state index in [1.54, 1.807) is 25.7 Å². The van der Waals surface area contributed by atoms with Gasteiger partial charge in [-0.3, -0.25) is 4.79 Å². The fourth-order valence-electron chi connectivity index (χ4n) is 0.590. The Morgan fingerprint density at radius 1 is 1.80 bits per heavy atom. The number of nitrogens with two attached hydrogens (primary N) is 1. The normalized spacial score (nSPS) is 13.1. The van der Waals surface area contributed by atoms with Gasteiger partial charge < -0.3 is 11.1 Å². The van der Waals surface area contributed by atoms with Crippen molar-refractivity contribution in [3.63, 3.8) is 0 Å². The molecule has 0 aromatic carbocycles. The Balaban J connectivity index is 3.50. The van der Waals surface area contributed by atoms with Gasteiger partial charge in [0.05, 0.1) is 0 Å². The number of hydrogen-bond donors (Lipinski definition) is 2. The average molecular weight is 162 g/mol. The van der Waals surface area contributed by atoms with Crippen LogP contribution in [0, 0.1) is 0 Å². The Hall–Kier alpha value is -0.0600. The van der Waals surface area contributed by atoms with Crippen LogP contribution in [0.1, 0.15) is 6.92 Å². The molecule has 0 aromatic rings. The molecule has 0 fully saturated rings. The maximum atomic E-state index is 10.8. The van der Waals surface area contributed by atoms with Crippen LogP contribution in [0.25, 0.3) is 0 Å². The molecule has 0 rings (SSSR count). The molecule has 0 amide bonds. The van der Waals surface area contributed by atoms with Crippen molar-refractivity contribution < 1.29 is 4.79 Å². The van der Waals surface area contributed by atoms with Crippen LogP contribution < -0.4 is 11.1 Å². The van der Waals surface area contributed by atoms with E-state index in [0.717, 1.165) is 5.75 Å². The van der Waals surface area contributed by atoms with Gasteiger partial charge in [-0.25, -0.2) is 0 Å². The summed E-state index contributed by atoms with van der Waals surface area (Å²) < 4.78 is 0. The fourth-order valence-corrected chi connectivity index (χ4v) is 1.36. The summed E-state index contributed by atoms with van der Waals surface area (Å²) in [5, 5.41) is 2.81. The molecule has 0 aliphatic heterocycles. The molecule has 0 aromatic heterocycles. The largest absolute Gasteiger partial charge is 0.330 e. The van der Waals surface area contributed by atoms with Gasteiger partial charge in [0, 0.05) is 12.3 Å². The maximum Gasteiger partial charge on any atom is 0.156 e. The standard InChI is InChI=1S/C6H14N2OS/c1-5(9)6(8-2)10-4-3-7/h6,8H,3-4,7H2,1-2H3. The van der Waals surface area contributed by atoms with Crippen LogP contribution in [-0.2, 0) is 4.79 Å². The molecule has 0 saturated carbocycles. The number of thioether (sulfide) groups is 1. The molecule has 1 atom stereocenters. The van der Waals surface area contributed by atoms with Crippen molar-refractivity contribution in [3.05, 3.63) is 0 Å². The molecule has 0 saturated heterocycles. The predicted octanol–water partition coefficient (Wildman–Crippen LogP) is -0.187. The number of carbonyl (C=O) groups excluding carboxylic acids is 1. The lowest BCUT2D eigenvalue weighted by atomic mass is 10.4. The first-order valence-corrected chi connectivity index (χ1v) is 4.26. The van der Waals surface area contributed by atoms with Gasteiger partial charge in [-0.1, -0.05) is 0 Å². The Morgan fingerprint density at radius 3 is 2.70 bits per heavy atom. The van der Waals surface area contributed by atoms with E-state index in [9.17, 15) is 4.79 Å². The molecule has 3 nitrogen and oxygen atoms in total. The first kappa shape index (κ1) is 9.94. The number of hydrogen-bond acceptors (Lipinski definition) is 4. The first-order valence-electron chi connectivity index (χ1n) is 3.21. The minimum absolute atomic E-state index is 0.0800. The fraction of sp³-hybridized carbons (Fsp3) is 0.833. The zero-order valence-electron chi connectivity index (χ0n) is 6.39. The van der Waals surface area contributed by atoms with E-state index in [1.165, 1.54) is 0 Å². The molecule has 0 radical (unpaired) electrons. The topological polar surface area (TPSA) is 55.1 Å². The zero-order chi connectivity index (χ0) is 7.98. The Bertz CT molecular complexity index is 108. The monoisotopic (exact) mass is 162 g/mol. The molecule has 0 aliphatic rings. The molecule has 1 unspecified atom stereocenters. The molecule has 10 heavy (non-hydrogen) atoms. The van der Waals surface area contributed by atoms with Crippen molar-refractivity contribution in [1.82, 2.24) is 5.32 Å². The number of carbonyl (C=O) groups is 1. The summed E-state index contributed by atoms with van der Waals surface area (Å²) in [4.78, 5) is 10.8. The second kappa shape index (κ2) is 5.70. The van der Waals surface area contributed by atoms with E-state index >= 15 is 0 Å². The third kappa shape index (κ3) is 3.87. The van der Waals surface area contributed by atoms with Gasteiger partial charge >= 0.3 is 0 Å². The number of Topliss-reactive ketones (excluding diaryl/α,β-unsaturated/α-hetero) is 1. The second-order valence-corrected chi connectivity index (χ2v) is 3.15. The summed E-state index contributed by atoms with van der Waals surface area (Å²) in [7, 11) is 1.77. The van der Waals surface area contributed by atoms with Gasteiger partial charge in [0.25, 0.3) is 0 Å². The Morgan fingerprint density at radius 2 is 2.40 bits per heavy atom. The summed E-state index contributed by atoms with van der Waals surface area (Å²) in [5.74, 6) is 0.978. The minimum Gasteiger partial charge on any atom is -0.330 e. The smallest absolute Gasteiger partial charge is 0.156 e. The van der Waals surface area contributed by atoms with Crippen LogP contribution >= 0.6 is 11.8 Å². The third-order valence-corrected chi connectivity index (χ3v) is 2.41. The van der Waals surface area contributed by atoms with Crippen LogP contribution in [0.15, 0.2) is 0 Å². The van der Waals surface area contributed by atoms with Crippen LogP contribution in [0.2, 0.25) is 0 Å². The van der Waals surface area contributed by atoms with E-state index in [4.69, 9.17) is 5.73 Å². The lowest BCUT2D eigenvalue weighted by Gasteiger charge is -2.10. The SMILES string of the molecule is CNC(SCCN)C(C)=O. The van der Waals surface area contributed by atoms with Gasteiger partial charge in [0.15, 0.2) is 5.78 Å². The quantitative estimate of drug-likeness (QED) is 0.550. The highest BCUT2D eigenvalue weighted by Crippen LogP contribution is 2.06. The molecule has 0 spiro atoms. The van der Waals surface area contributed by atoms with Crippen molar-refractivity contribution in [2.24, 2.45) is 5.73 Å². The van der Waals surface area contributed by atoms with Gasteiger partial charge in [0.2, 0.25) is 0 Å². The van der Waals surface area contributed by atoms with Crippen LogP contribution in [0.4, 0.5) is 0 Å². The van der Waals surface area contributed by atoms with Crippen molar-refractivity contribution in [1.29, 1.82) is 0 Å². The summed E-state index contributed by atoms with van der Waals surface area (Å²) in [6.07, 6.45) is 0. The van der Waals surface area contributed by atoms with Crippen molar-refractivity contribution in [2.45, 2.75) is 12.3 Å². The Kier molecular flexibility index (Phi) is 5.67. The summed E-state index contributed by atoms with van der Waals surface area (Å²) in [6.45, 7) is 2.20. The summed E-state index contributed by atoms with van der Waals surface area (Å²) in [6, 6.07) is 0. The average Bonchev–Trinajstić information content (AvgIpc) is 1.89. The van der Waals surface area contributed by atoms with Gasteiger partial charge in [-0.05, 0) is 14.0 Å². The Labute approximate surface area is 65.7 Å². The predicted molar refractivity (Wildman–Crippen MR) is 45.0 cm³/mol. The van der Waals surface area contributed by atoms with E-state index < -0.39 is 0 Å². The van der Waals surface area contributed by atoms with E-state index in [-0.39, 0.29) is 11.2 Å². The highest BCUT2D eigenvalue weighted by molar-refractivity contribution is 8.00. The van der Waals surface area contributed by atoms with E-state index in [0.29, 0.717) is 6.54 Å². The molecule has 0 heterocycles. The zero-order valence-corrected chi connectivity index (χ0v) is 7.20. The maximum absolute atomic E-state index is 10.8. The van der Waals surface area contributed by atoms with Crippen LogP contribution in [0.3, 0.4) is 0 Å². The number of ketones is 1. The van der Waals surface area contributed by atoms with Crippen molar-refractivity contribution in [2.75, 3.05) is 19.3 Å². The molecular weight excluding hydrogens is 148 g/mol. The van der Waals surface area contributed by atoms with Crippen molar-refractivity contribution >= 4 is 17.5 Å². The van der Waals surface area contributed by atoms with E-state index in [1.807, 2.05) is 0 Å². The molecular formula is C6H14N2OS. The summed E-state index contributed by atoms with van der Waals surface area (Å²) in [5.41, 5.74) is 5.27. The highest BCUT2D eigenvalue weighted by atomic mass is 32.2. The van der Waals surface area contributed by atoms with Gasteiger partial charge in [-0.15, -0.1) is 11.8 Å². The molecule has 0 aliphatic carbocycles. The minimum atomic E-state index is -0.0800. The second-order valence-electron chi connectivity index (χ2n) is 1.94. The lowest BCUT2D eigenvalue weighted by molar-refractivity contribution is -0.116. The third-order valence-electron chi connectivity index (χ3n) is 1.03. The van der Waals surface area contributed by atoms with Gasteiger partial charge in [0.1, 0.15) is 5.37 Å². The van der Waals surface area contributed by atoms with Crippen LogP contribution in [0.5, 0.6) is 0 Å². The molecule has 4 heteroatoms. The number of nitrogens with one attached hydrogen (secondary N) is 1. The summed E-state index contributed by atoms with van der Waals surface area (Å²) >= 11 is 1.54. The molecule has 60 valence electrons. The highest BCUT2D eigenvalue weighted by Gasteiger charge is 2.09. The first-order chi connectivity index (χ1) is 4.72. The molecule has 3 N–H and O–H groups in total.